The van der Waals surface area contributed by atoms with E-state index in [0.717, 1.165) is 36.5 Å². The van der Waals surface area contributed by atoms with Crippen molar-refractivity contribution in [3.8, 4) is 0 Å². The van der Waals surface area contributed by atoms with Gasteiger partial charge in [-0.1, -0.05) is 25.5 Å². The van der Waals surface area contributed by atoms with Crippen LogP contribution in [0, 0.1) is 34.5 Å². The lowest BCUT2D eigenvalue weighted by Crippen LogP contribution is -2.52. The van der Waals surface area contributed by atoms with E-state index in [1.165, 1.54) is 38.5 Å². The minimum Gasteiger partial charge on any atom is -0.393 e. The Morgan fingerprint density at radius 2 is 1.84 bits per heavy atom. The van der Waals surface area contributed by atoms with Gasteiger partial charge >= 0.3 is 0 Å². The number of hydrogen-bond acceptors (Lipinski definition) is 2. The Hall–Kier alpha value is -0.340. The highest BCUT2D eigenvalue weighted by Gasteiger charge is 2.59. The van der Waals surface area contributed by atoms with Crippen LogP contribution in [0.15, 0.2) is 11.6 Å². The predicted molar refractivity (Wildman–Crippen MR) is 104 cm³/mol. The molecule has 4 rings (SSSR count). The molecule has 3 fully saturated rings. The van der Waals surface area contributed by atoms with Crippen molar-refractivity contribution in [2.75, 3.05) is 14.1 Å². The Bertz CT molecular complexity index is 554. The number of aliphatic hydroxyl groups excluding tert-OH is 1. The average Bonchev–Trinajstić information content (AvgIpc) is 2.92. The summed E-state index contributed by atoms with van der Waals surface area (Å²) in [6.07, 6.45) is 12.7. The maximum Gasteiger partial charge on any atom is 0.0577 e. The molecule has 2 heteroatoms. The lowest BCUT2D eigenvalue weighted by molar-refractivity contribution is -0.0586. The molecule has 0 spiro atoms. The van der Waals surface area contributed by atoms with E-state index in [4.69, 9.17) is 0 Å². The van der Waals surface area contributed by atoms with Gasteiger partial charge in [-0.3, -0.25) is 0 Å². The fraction of sp³-hybridized carbons (Fsp3) is 0.913. The van der Waals surface area contributed by atoms with Gasteiger partial charge in [0.15, 0.2) is 0 Å². The predicted octanol–water partition coefficient (Wildman–Crippen LogP) is 4.88. The molecule has 3 saturated carbocycles. The number of rotatable bonds is 2. The molecular formula is C23H39NO. The summed E-state index contributed by atoms with van der Waals surface area (Å²) in [5.41, 5.74) is 2.53. The maximum absolute atomic E-state index is 10.2. The zero-order chi connectivity index (χ0) is 18.0. The van der Waals surface area contributed by atoms with Gasteiger partial charge < -0.3 is 10.0 Å². The van der Waals surface area contributed by atoms with E-state index in [9.17, 15) is 5.11 Å². The first-order valence-electron chi connectivity index (χ1n) is 10.8. The molecule has 4 aliphatic rings. The third kappa shape index (κ3) is 2.57. The average molecular weight is 346 g/mol. The summed E-state index contributed by atoms with van der Waals surface area (Å²) in [4.78, 5) is 2.45. The Balaban J connectivity index is 1.62. The molecule has 0 saturated heterocycles. The van der Waals surface area contributed by atoms with Gasteiger partial charge in [0.25, 0.3) is 0 Å². The van der Waals surface area contributed by atoms with Gasteiger partial charge in [0, 0.05) is 6.04 Å². The van der Waals surface area contributed by atoms with E-state index >= 15 is 0 Å². The number of aliphatic hydroxyl groups is 1. The second-order valence-corrected chi connectivity index (χ2v) is 10.6. The van der Waals surface area contributed by atoms with Gasteiger partial charge in [0.2, 0.25) is 0 Å². The van der Waals surface area contributed by atoms with Crippen LogP contribution in [0.25, 0.3) is 0 Å². The molecule has 1 N–H and O–H groups in total. The summed E-state index contributed by atoms with van der Waals surface area (Å²) in [6.45, 7) is 7.63. The molecule has 0 aliphatic heterocycles. The molecule has 0 amide bonds. The van der Waals surface area contributed by atoms with Crippen LogP contribution in [-0.4, -0.2) is 36.2 Å². The molecule has 0 heterocycles. The highest BCUT2D eigenvalue weighted by Crippen LogP contribution is 2.66. The molecule has 0 bridgehead atoms. The Labute approximate surface area is 155 Å². The summed E-state index contributed by atoms with van der Waals surface area (Å²) in [5.74, 6) is 3.54. The Morgan fingerprint density at radius 1 is 1.08 bits per heavy atom. The van der Waals surface area contributed by atoms with Gasteiger partial charge in [0.05, 0.1) is 6.10 Å². The molecule has 1 unspecified atom stereocenters. The van der Waals surface area contributed by atoms with E-state index in [1.54, 1.807) is 5.57 Å². The first-order chi connectivity index (χ1) is 11.8. The molecule has 25 heavy (non-hydrogen) atoms. The second-order valence-electron chi connectivity index (χ2n) is 10.6. The van der Waals surface area contributed by atoms with Crippen LogP contribution in [0.3, 0.4) is 0 Å². The summed E-state index contributed by atoms with van der Waals surface area (Å²) in [5, 5.41) is 10.2. The minimum absolute atomic E-state index is 0.0819. The normalized spacial score (nSPS) is 50.7. The van der Waals surface area contributed by atoms with E-state index in [1.807, 2.05) is 0 Å². The Morgan fingerprint density at radius 3 is 2.56 bits per heavy atom. The zero-order valence-electron chi connectivity index (χ0n) is 17.1. The second kappa shape index (κ2) is 6.09. The summed E-state index contributed by atoms with van der Waals surface area (Å²) >= 11 is 0. The van der Waals surface area contributed by atoms with Crippen molar-refractivity contribution in [3.63, 3.8) is 0 Å². The summed E-state index contributed by atoms with van der Waals surface area (Å²) < 4.78 is 0. The molecular weight excluding hydrogens is 306 g/mol. The van der Waals surface area contributed by atoms with Crippen LogP contribution in [0.2, 0.25) is 0 Å². The SMILES string of the molecule is C[C@@H]([C@H]1CC[C@H]2C3CC=C4C[C@@H](O)CC[C@]4(C)[C@H]3CC[C@]12C)N(C)C. The van der Waals surface area contributed by atoms with Gasteiger partial charge in [-0.05, 0) is 107 Å². The zero-order valence-corrected chi connectivity index (χ0v) is 17.1. The first kappa shape index (κ1) is 18.0. The van der Waals surface area contributed by atoms with E-state index < -0.39 is 0 Å². The van der Waals surface area contributed by atoms with Gasteiger partial charge in [0.1, 0.15) is 0 Å². The monoisotopic (exact) mass is 345 g/mol. The molecule has 0 aromatic heterocycles. The third-order valence-electron chi connectivity index (χ3n) is 9.55. The van der Waals surface area contributed by atoms with Crippen LogP contribution in [-0.2, 0) is 0 Å². The standard InChI is InChI=1S/C23H39NO/c1-15(24(4)5)19-8-9-20-18-7-6-16-14-17(25)10-12-22(16,2)21(18)11-13-23(19,20)3/h6,15,17-21,25H,7-14H2,1-5H3/t15-,17-,18?,19+,20-,21-,22-,23+/m0/s1. The smallest absolute Gasteiger partial charge is 0.0577 e. The van der Waals surface area contributed by atoms with Crippen LogP contribution in [0.4, 0.5) is 0 Å². The van der Waals surface area contributed by atoms with Crippen LogP contribution < -0.4 is 0 Å². The van der Waals surface area contributed by atoms with Crippen LogP contribution in [0.5, 0.6) is 0 Å². The molecule has 4 aliphatic carbocycles. The van der Waals surface area contributed by atoms with Crippen molar-refractivity contribution in [1.82, 2.24) is 4.90 Å². The van der Waals surface area contributed by atoms with Crippen molar-refractivity contribution < 1.29 is 5.11 Å². The van der Waals surface area contributed by atoms with Crippen molar-refractivity contribution in [2.24, 2.45) is 34.5 Å². The van der Waals surface area contributed by atoms with Crippen LogP contribution >= 0.6 is 0 Å². The van der Waals surface area contributed by atoms with Gasteiger partial charge in [-0.2, -0.15) is 0 Å². The third-order valence-corrected chi connectivity index (χ3v) is 9.55. The summed E-state index contributed by atoms with van der Waals surface area (Å²) in [6, 6.07) is 0.696. The lowest BCUT2D eigenvalue weighted by Gasteiger charge is -2.58. The molecule has 0 aromatic carbocycles. The minimum atomic E-state index is -0.0819. The molecule has 2 nitrogen and oxygen atoms in total. The number of hydrogen-bond donors (Lipinski definition) is 1. The molecule has 8 atom stereocenters. The van der Waals surface area contributed by atoms with Crippen molar-refractivity contribution in [1.29, 1.82) is 0 Å². The number of allylic oxidation sites excluding steroid dienone is 1. The topological polar surface area (TPSA) is 23.5 Å². The van der Waals surface area contributed by atoms with E-state index in [2.05, 4.69) is 45.8 Å². The van der Waals surface area contributed by atoms with Gasteiger partial charge in [-0.25, -0.2) is 0 Å². The highest BCUT2D eigenvalue weighted by atomic mass is 16.3. The molecule has 0 radical (unpaired) electrons. The van der Waals surface area contributed by atoms with E-state index in [0.29, 0.717) is 16.9 Å². The largest absolute Gasteiger partial charge is 0.393 e. The lowest BCUT2D eigenvalue weighted by atomic mass is 9.47. The van der Waals surface area contributed by atoms with Crippen molar-refractivity contribution >= 4 is 0 Å². The number of fused-ring (bicyclic) bond motifs is 5. The van der Waals surface area contributed by atoms with Crippen molar-refractivity contribution in [2.45, 2.75) is 84.3 Å². The number of nitrogens with zero attached hydrogens (tertiary/aromatic N) is 1. The molecule has 142 valence electrons. The quantitative estimate of drug-likeness (QED) is 0.721. The fourth-order valence-electron chi connectivity index (χ4n) is 7.83. The first-order valence-corrected chi connectivity index (χ1v) is 10.8. The van der Waals surface area contributed by atoms with E-state index in [-0.39, 0.29) is 6.10 Å². The highest BCUT2D eigenvalue weighted by molar-refractivity contribution is 5.25. The van der Waals surface area contributed by atoms with Gasteiger partial charge in [-0.15, -0.1) is 0 Å². The maximum atomic E-state index is 10.2. The fourth-order valence-corrected chi connectivity index (χ4v) is 7.83. The van der Waals surface area contributed by atoms with Crippen molar-refractivity contribution in [3.05, 3.63) is 11.6 Å². The molecule has 0 aromatic rings. The summed E-state index contributed by atoms with van der Waals surface area (Å²) in [7, 11) is 4.52. The Kier molecular flexibility index (Phi) is 4.40. The van der Waals surface area contributed by atoms with Crippen LogP contribution in [0.1, 0.15) is 72.1 Å².